The molecule has 0 spiro atoms. The van der Waals surface area contributed by atoms with Crippen molar-refractivity contribution in [2.24, 2.45) is 0 Å². The number of aromatic nitrogens is 1. The topological polar surface area (TPSA) is 42.3 Å². The predicted octanol–water partition coefficient (Wildman–Crippen LogP) is 1.85. The minimum absolute atomic E-state index is 0.0375. The average molecular weight is 274 g/mol. The summed E-state index contributed by atoms with van der Waals surface area (Å²) in [6.07, 6.45) is 6.21. The third kappa shape index (κ3) is 2.70. The van der Waals surface area contributed by atoms with Crippen LogP contribution in [0.1, 0.15) is 48.2 Å². The molecule has 1 aliphatic carbocycles. The lowest BCUT2D eigenvalue weighted by atomic mass is 9.94. The zero-order chi connectivity index (χ0) is 13.9. The second-order valence-corrected chi connectivity index (χ2v) is 5.86. The van der Waals surface area contributed by atoms with Crippen molar-refractivity contribution in [2.75, 3.05) is 19.6 Å². The number of carbonyl (C=O) groups is 1. The van der Waals surface area contributed by atoms with Crippen LogP contribution in [0.25, 0.3) is 0 Å². The molecule has 2 heterocycles. The van der Waals surface area contributed by atoms with Crippen molar-refractivity contribution in [1.82, 2.24) is 9.47 Å². The first-order chi connectivity index (χ1) is 9.75. The van der Waals surface area contributed by atoms with E-state index in [1.165, 1.54) is 19.3 Å². The molecule has 3 rings (SSSR count). The van der Waals surface area contributed by atoms with E-state index in [-0.39, 0.29) is 11.3 Å². The third-order valence-electron chi connectivity index (χ3n) is 4.50. The molecule has 4 heteroatoms. The van der Waals surface area contributed by atoms with Gasteiger partial charge in [0.15, 0.2) is 5.78 Å². The maximum Gasteiger partial charge on any atom is 0.250 e. The molecule has 1 aromatic rings. The molecule has 1 aromatic heterocycles. The Balaban J connectivity index is 1.79. The van der Waals surface area contributed by atoms with Crippen LogP contribution < -0.4 is 5.56 Å². The summed E-state index contributed by atoms with van der Waals surface area (Å²) in [6.45, 7) is 3.92. The number of Topliss-reactive ketones (excluding diaryl/α,β-unsaturated/α-hetero) is 1. The molecule has 0 radical (unpaired) electrons. The van der Waals surface area contributed by atoms with Crippen LogP contribution >= 0.6 is 0 Å². The van der Waals surface area contributed by atoms with Gasteiger partial charge in [0, 0.05) is 36.8 Å². The van der Waals surface area contributed by atoms with Crippen LogP contribution in [0.4, 0.5) is 0 Å². The Morgan fingerprint density at radius 3 is 2.50 bits per heavy atom. The lowest BCUT2D eigenvalue weighted by Gasteiger charge is -2.27. The quantitative estimate of drug-likeness (QED) is 0.845. The van der Waals surface area contributed by atoms with Gasteiger partial charge in [0.05, 0.1) is 0 Å². The number of rotatable bonds is 3. The highest BCUT2D eigenvalue weighted by Gasteiger charge is 2.21. The summed E-state index contributed by atoms with van der Waals surface area (Å²) in [4.78, 5) is 26.5. The van der Waals surface area contributed by atoms with Gasteiger partial charge in [-0.2, -0.15) is 0 Å². The first-order valence-electron chi connectivity index (χ1n) is 7.74. The van der Waals surface area contributed by atoms with Crippen molar-refractivity contribution in [3.63, 3.8) is 0 Å². The Morgan fingerprint density at radius 1 is 0.900 bits per heavy atom. The van der Waals surface area contributed by atoms with Crippen molar-refractivity contribution in [3.05, 3.63) is 33.7 Å². The van der Waals surface area contributed by atoms with Crippen LogP contribution in [0.5, 0.6) is 0 Å². The van der Waals surface area contributed by atoms with Crippen LogP contribution in [-0.2, 0) is 13.0 Å². The monoisotopic (exact) mass is 274 g/mol. The van der Waals surface area contributed by atoms with Crippen molar-refractivity contribution < 1.29 is 4.79 Å². The fourth-order valence-corrected chi connectivity index (χ4v) is 3.36. The van der Waals surface area contributed by atoms with E-state index >= 15 is 0 Å². The van der Waals surface area contributed by atoms with Crippen LogP contribution in [-0.4, -0.2) is 34.9 Å². The molecule has 0 aromatic carbocycles. The van der Waals surface area contributed by atoms with Crippen LogP contribution in [0.15, 0.2) is 16.9 Å². The number of pyridine rings is 1. The lowest BCUT2D eigenvalue weighted by Crippen LogP contribution is -2.36. The molecule has 2 aliphatic rings. The van der Waals surface area contributed by atoms with Gasteiger partial charge in [-0.15, -0.1) is 0 Å². The normalized spacial score (nSPS) is 19.9. The van der Waals surface area contributed by atoms with Crippen molar-refractivity contribution >= 4 is 5.78 Å². The molecule has 20 heavy (non-hydrogen) atoms. The summed E-state index contributed by atoms with van der Waals surface area (Å²) in [7, 11) is 0. The number of hydrogen-bond acceptors (Lipinski definition) is 3. The molecule has 1 fully saturated rings. The molecule has 0 unspecified atom stereocenters. The minimum atomic E-state index is 0.0375. The standard InChI is InChI=1S/C16H22N2O2/c19-15-6-4-5-14-13(15)7-8-16(20)18(14)12-11-17-9-2-1-3-10-17/h7-8H,1-6,9-12H2. The van der Waals surface area contributed by atoms with Gasteiger partial charge in [0.2, 0.25) is 0 Å². The van der Waals surface area contributed by atoms with Crippen molar-refractivity contribution in [2.45, 2.75) is 45.1 Å². The smallest absolute Gasteiger partial charge is 0.250 e. The second kappa shape index (κ2) is 5.92. The lowest BCUT2D eigenvalue weighted by molar-refractivity contribution is 0.0970. The summed E-state index contributed by atoms with van der Waals surface area (Å²) in [6, 6.07) is 3.27. The summed E-state index contributed by atoms with van der Waals surface area (Å²) < 4.78 is 1.83. The van der Waals surface area contributed by atoms with E-state index in [0.29, 0.717) is 6.42 Å². The summed E-state index contributed by atoms with van der Waals surface area (Å²) in [5, 5.41) is 0. The molecule has 0 atom stereocenters. The summed E-state index contributed by atoms with van der Waals surface area (Å²) in [5.74, 6) is 0.193. The predicted molar refractivity (Wildman–Crippen MR) is 78.3 cm³/mol. The second-order valence-electron chi connectivity index (χ2n) is 5.86. The van der Waals surface area contributed by atoms with Gasteiger partial charge in [-0.25, -0.2) is 0 Å². The molecule has 0 amide bonds. The van der Waals surface area contributed by atoms with Gasteiger partial charge < -0.3 is 9.47 Å². The molecule has 1 aliphatic heterocycles. The van der Waals surface area contributed by atoms with Crippen molar-refractivity contribution in [1.29, 1.82) is 0 Å². The van der Waals surface area contributed by atoms with E-state index in [9.17, 15) is 9.59 Å². The highest BCUT2D eigenvalue weighted by molar-refractivity contribution is 5.97. The Morgan fingerprint density at radius 2 is 1.70 bits per heavy atom. The molecule has 1 saturated heterocycles. The molecule has 0 N–H and O–H groups in total. The highest BCUT2D eigenvalue weighted by Crippen LogP contribution is 2.19. The number of fused-ring (bicyclic) bond motifs is 1. The Hall–Kier alpha value is -1.42. The van der Waals surface area contributed by atoms with E-state index < -0.39 is 0 Å². The number of carbonyl (C=O) groups excluding carboxylic acids is 1. The Kier molecular flexibility index (Phi) is 4.01. The van der Waals surface area contributed by atoms with Crippen LogP contribution in [0.3, 0.4) is 0 Å². The molecule has 108 valence electrons. The van der Waals surface area contributed by atoms with Crippen molar-refractivity contribution in [3.8, 4) is 0 Å². The SMILES string of the molecule is O=C1CCCc2c1ccc(=O)n2CCN1CCCCC1. The first kappa shape index (κ1) is 13.6. The van der Waals surface area contributed by atoms with Gasteiger partial charge >= 0.3 is 0 Å². The minimum Gasteiger partial charge on any atom is -0.311 e. The Labute approximate surface area is 119 Å². The summed E-state index contributed by atoms with van der Waals surface area (Å²) >= 11 is 0. The molecule has 0 bridgehead atoms. The van der Waals surface area contributed by atoms with Crippen LogP contribution in [0.2, 0.25) is 0 Å². The van der Waals surface area contributed by atoms with Gasteiger partial charge in [-0.3, -0.25) is 9.59 Å². The zero-order valence-corrected chi connectivity index (χ0v) is 11.9. The molecular formula is C16H22N2O2. The van der Waals surface area contributed by atoms with Gasteiger partial charge in [0.25, 0.3) is 5.56 Å². The summed E-state index contributed by atoms with van der Waals surface area (Å²) in [5.41, 5.74) is 1.77. The highest BCUT2D eigenvalue weighted by atomic mass is 16.1. The van der Waals surface area contributed by atoms with E-state index in [1.54, 1.807) is 12.1 Å². The fraction of sp³-hybridized carbons (Fsp3) is 0.625. The number of nitrogens with zero attached hydrogens (tertiary/aromatic N) is 2. The van der Waals surface area contributed by atoms with Gasteiger partial charge in [-0.1, -0.05) is 6.42 Å². The van der Waals surface area contributed by atoms with E-state index in [4.69, 9.17) is 0 Å². The first-order valence-corrected chi connectivity index (χ1v) is 7.74. The van der Waals surface area contributed by atoms with Crippen LogP contribution in [0, 0.1) is 0 Å². The zero-order valence-electron chi connectivity index (χ0n) is 11.9. The number of hydrogen-bond donors (Lipinski definition) is 0. The largest absolute Gasteiger partial charge is 0.311 e. The molecule has 4 nitrogen and oxygen atoms in total. The number of piperidine rings is 1. The average Bonchev–Trinajstić information content (AvgIpc) is 2.47. The maximum atomic E-state index is 12.1. The van der Waals surface area contributed by atoms with E-state index in [0.717, 1.165) is 50.3 Å². The molecule has 0 saturated carbocycles. The number of likely N-dealkylation sites (tertiary alicyclic amines) is 1. The maximum absolute atomic E-state index is 12.1. The fourth-order valence-electron chi connectivity index (χ4n) is 3.36. The van der Waals surface area contributed by atoms with Gasteiger partial charge in [-0.05, 0) is 44.8 Å². The number of ketones is 1. The van der Waals surface area contributed by atoms with E-state index in [1.807, 2.05) is 4.57 Å². The third-order valence-corrected chi connectivity index (χ3v) is 4.50. The van der Waals surface area contributed by atoms with Gasteiger partial charge in [0.1, 0.15) is 0 Å². The Bertz CT molecular complexity index is 556. The molecular weight excluding hydrogens is 252 g/mol. The van der Waals surface area contributed by atoms with E-state index in [2.05, 4.69) is 4.90 Å².